The van der Waals surface area contributed by atoms with Crippen molar-refractivity contribution in [2.45, 2.75) is 26.5 Å². The standard InChI is InChI=1S/C19H21NO4/c1-13(2)17(19(22)23)20-18(21)15-9-6-10-16(11-15)24-12-14-7-4-3-5-8-14/h3-11,13,17H,12H2,1-2H3,(H,20,21)(H,22,23)/t17-/m1/s1. The number of benzene rings is 2. The number of carbonyl (C=O) groups excluding carboxylic acids is 1. The molecule has 0 aliphatic heterocycles. The molecule has 0 fully saturated rings. The Balaban J connectivity index is 2.03. The SMILES string of the molecule is CC(C)[C@@H](NC(=O)c1cccc(OCc2ccccc2)c1)C(=O)O. The summed E-state index contributed by atoms with van der Waals surface area (Å²) in [6, 6.07) is 15.5. The molecule has 2 rings (SSSR count). The van der Waals surface area contributed by atoms with E-state index < -0.39 is 17.9 Å². The fourth-order valence-corrected chi connectivity index (χ4v) is 2.21. The number of aliphatic carboxylic acids is 1. The van der Waals surface area contributed by atoms with Crippen LogP contribution in [-0.4, -0.2) is 23.0 Å². The third-order valence-electron chi connectivity index (χ3n) is 3.56. The van der Waals surface area contributed by atoms with Crippen LogP contribution in [0.1, 0.15) is 29.8 Å². The average Bonchev–Trinajstić information content (AvgIpc) is 2.58. The van der Waals surface area contributed by atoms with Crippen molar-refractivity contribution in [2.24, 2.45) is 5.92 Å². The minimum absolute atomic E-state index is 0.205. The average molecular weight is 327 g/mol. The number of hydrogen-bond donors (Lipinski definition) is 2. The molecule has 0 radical (unpaired) electrons. The summed E-state index contributed by atoms with van der Waals surface area (Å²) in [5, 5.41) is 11.7. The van der Waals surface area contributed by atoms with E-state index >= 15 is 0 Å². The first-order valence-corrected chi connectivity index (χ1v) is 7.78. The summed E-state index contributed by atoms with van der Waals surface area (Å²) in [7, 11) is 0. The molecule has 0 saturated heterocycles. The maximum Gasteiger partial charge on any atom is 0.326 e. The minimum Gasteiger partial charge on any atom is -0.489 e. The first-order valence-electron chi connectivity index (χ1n) is 7.78. The zero-order valence-electron chi connectivity index (χ0n) is 13.7. The molecule has 0 spiro atoms. The summed E-state index contributed by atoms with van der Waals surface area (Å²) >= 11 is 0. The van der Waals surface area contributed by atoms with E-state index in [-0.39, 0.29) is 5.92 Å². The summed E-state index contributed by atoms with van der Waals surface area (Å²) < 4.78 is 5.69. The molecule has 2 aromatic carbocycles. The molecule has 1 atom stereocenters. The third-order valence-corrected chi connectivity index (χ3v) is 3.56. The number of rotatable bonds is 7. The minimum atomic E-state index is -1.05. The lowest BCUT2D eigenvalue weighted by atomic mass is 10.0. The van der Waals surface area contributed by atoms with Gasteiger partial charge in [0.25, 0.3) is 5.91 Å². The van der Waals surface area contributed by atoms with Gasteiger partial charge in [0.1, 0.15) is 18.4 Å². The third kappa shape index (κ3) is 4.84. The van der Waals surface area contributed by atoms with Crippen LogP contribution < -0.4 is 10.1 Å². The maximum atomic E-state index is 12.3. The number of hydrogen-bond acceptors (Lipinski definition) is 3. The first kappa shape index (κ1) is 17.5. The van der Waals surface area contributed by atoms with E-state index in [4.69, 9.17) is 9.84 Å². The van der Waals surface area contributed by atoms with Crippen LogP contribution in [0.3, 0.4) is 0 Å². The van der Waals surface area contributed by atoms with Crippen LogP contribution in [0.25, 0.3) is 0 Å². The van der Waals surface area contributed by atoms with Crippen molar-refractivity contribution in [2.75, 3.05) is 0 Å². The van der Waals surface area contributed by atoms with Crippen molar-refractivity contribution >= 4 is 11.9 Å². The summed E-state index contributed by atoms with van der Waals surface area (Å²) in [4.78, 5) is 23.5. The molecular weight excluding hydrogens is 306 g/mol. The Bertz CT molecular complexity index is 698. The van der Waals surface area contributed by atoms with Crippen molar-refractivity contribution in [3.05, 3.63) is 65.7 Å². The second-order valence-electron chi connectivity index (χ2n) is 5.84. The zero-order valence-corrected chi connectivity index (χ0v) is 13.7. The highest BCUT2D eigenvalue weighted by Crippen LogP contribution is 2.16. The lowest BCUT2D eigenvalue weighted by Crippen LogP contribution is -2.44. The Morgan fingerprint density at radius 3 is 2.42 bits per heavy atom. The van der Waals surface area contributed by atoms with Gasteiger partial charge in [0.2, 0.25) is 0 Å². The van der Waals surface area contributed by atoms with Gasteiger partial charge in [-0.3, -0.25) is 4.79 Å². The fraction of sp³-hybridized carbons (Fsp3) is 0.263. The van der Waals surface area contributed by atoms with Gasteiger partial charge < -0.3 is 15.2 Å². The van der Waals surface area contributed by atoms with E-state index in [0.717, 1.165) is 5.56 Å². The smallest absolute Gasteiger partial charge is 0.326 e. The molecule has 0 aliphatic carbocycles. The Morgan fingerprint density at radius 2 is 1.79 bits per heavy atom. The highest BCUT2D eigenvalue weighted by atomic mass is 16.5. The molecular formula is C19H21NO4. The highest BCUT2D eigenvalue weighted by molar-refractivity contribution is 5.96. The fourth-order valence-electron chi connectivity index (χ4n) is 2.21. The molecule has 5 heteroatoms. The van der Waals surface area contributed by atoms with Gasteiger partial charge in [0.05, 0.1) is 0 Å². The van der Waals surface area contributed by atoms with Crippen LogP contribution in [-0.2, 0) is 11.4 Å². The van der Waals surface area contributed by atoms with Gasteiger partial charge in [-0.15, -0.1) is 0 Å². The van der Waals surface area contributed by atoms with Gasteiger partial charge >= 0.3 is 5.97 Å². The molecule has 0 bridgehead atoms. The van der Waals surface area contributed by atoms with Crippen molar-refractivity contribution < 1.29 is 19.4 Å². The Labute approximate surface area is 141 Å². The number of nitrogens with one attached hydrogen (secondary N) is 1. The van der Waals surface area contributed by atoms with Crippen molar-refractivity contribution in [1.82, 2.24) is 5.32 Å². The van der Waals surface area contributed by atoms with Gasteiger partial charge in [-0.05, 0) is 29.7 Å². The van der Waals surface area contributed by atoms with Crippen LogP contribution in [0.4, 0.5) is 0 Å². The molecule has 24 heavy (non-hydrogen) atoms. The molecule has 2 N–H and O–H groups in total. The predicted molar refractivity (Wildman–Crippen MR) is 90.9 cm³/mol. The lowest BCUT2D eigenvalue weighted by molar-refractivity contribution is -0.140. The zero-order chi connectivity index (χ0) is 17.5. The molecule has 0 heterocycles. The highest BCUT2D eigenvalue weighted by Gasteiger charge is 2.24. The van der Waals surface area contributed by atoms with Gasteiger partial charge in [-0.25, -0.2) is 4.79 Å². The predicted octanol–water partition coefficient (Wildman–Crippen LogP) is 3.10. The quantitative estimate of drug-likeness (QED) is 0.819. The van der Waals surface area contributed by atoms with Gasteiger partial charge in [-0.1, -0.05) is 50.2 Å². The van der Waals surface area contributed by atoms with Crippen molar-refractivity contribution in [1.29, 1.82) is 0 Å². The molecule has 0 aliphatic rings. The van der Waals surface area contributed by atoms with Crippen molar-refractivity contribution in [3.63, 3.8) is 0 Å². The molecule has 5 nitrogen and oxygen atoms in total. The number of carboxylic acids is 1. The number of carbonyl (C=O) groups is 2. The van der Waals surface area contributed by atoms with Gasteiger partial charge in [-0.2, -0.15) is 0 Å². The van der Waals surface area contributed by atoms with Crippen LogP contribution >= 0.6 is 0 Å². The van der Waals surface area contributed by atoms with E-state index in [1.54, 1.807) is 38.1 Å². The molecule has 0 aromatic heterocycles. The summed E-state index contributed by atoms with van der Waals surface area (Å²) in [5.41, 5.74) is 1.39. The Hall–Kier alpha value is -2.82. The second kappa shape index (κ2) is 8.15. The normalized spacial score (nSPS) is 11.8. The molecule has 1 amide bonds. The van der Waals surface area contributed by atoms with Gasteiger partial charge in [0, 0.05) is 5.56 Å². The van der Waals surface area contributed by atoms with Crippen molar-refractivity contribution in [3.8, 4) is 5.75 Å². The second-order valence-corrected chi connectivity index (χ2v) is 5.84. The van der Waals surface area contributed by atoms with Crippen LogP contribution in [0.15, 0.2) is 54.6 Å². The van der Waals surface area contributed by atoms with E-state index in [1.165, 1.54) is 0 Å². The number of ether oxygens (including phenoxy) is 1. The topological polar surface area (TPSA) is 75.6 Å². The molecule has 126 valence electrons. The van der Waals surface area contributed by atoms with Crippen LogP contribution in [0.5, 0.6) is 5.75 Å². The van der Waals surface area contributed by atoms with Crippen LogP contribution in [0, 0.1) is 5.92 Å². The first-order chi connectivity index (χ1) is 11.5. The molecule has 0 unspecified atom stereocenters. The van der Waals surface area contributed by atoms with E-state index in [9.17, 15) is 9.59 Å². The number of amides is 1. The summed E-state index contributed by atoms with van der Waals surface area (Å²) in [5.74, 6) is -1.12. The van der Waals surface area contributed by atoms with Gasteiger partial charge in [0.15, 0.2) is 0 Å². The Morgan fingerprint density at radius 1 is 1.08 bits per heavy atom. The van der Waals surface area contributed by atoms with E-state index in [1.807, 2.05) is 30.3 Å². The Kier molecular flexibility index (Phi) is 5.95. The maximum absolute atomic E-state index is 12.3. The summed E-state index contributed by atoms with van der Waals surface area (Å²) in [6.45, 7) is 3.90. The summed E-state index contributed by atoms with van der Waals surface area (Å²) in [6.07, 6.45) is 0. The monoisotopic (exact) mass is 327 g/mol. The van der Waals surface area contributed by atoms with Crippen LogP contribution in [0.2, 0.25) is 0 Å². The molecule has 0 saturated carbocycles. The van der Waals surface area contributed by atoms with E-state index in [0.29, 0.717) is 17.9 Å². The lowest BCUT2D eigenvalue weighted by Gasteiger charge is -2.18. The molecule has 2 aromatic rings. The number of carboxylic acid groups (broad SMARTS) is 1. The van der Waals surface area contributed by atoms with E-state index in [2.05, 4.69) is 5.32 Å². The largest absolute Gasteiger partial charge is 0.489 e.